The minimum atomic E-state index is -1.53. The van der Waals surface area contributed by atoms with Gasteiger partial charge in [0.05, 0.1) is 16.4 Å². The zero-order chi connectivity index (χ0) is 15.1. The molecule has 1 atom stereocenters. The van der Waals surface area contributed by atoms with E-state index in [1.165, 1.54) is 18.2 Å². The molecule has 0 aliphatic heterocycles. The monoisotopic (exact) mass is 297 g/mol. The summed E-state index contributed by atoms with van der Waals surface area (Å²) in [4.78, 5) is 22.8. The summed E-state index contributed by atoms with van der Waals surface area (Å²) in [6, 6.07) is 5.84. The third-order valence-electron chi connectivity index (χ3n) is 2.65. The highest BCUT2D eigenvalue weighted by Crippen LogP contribution is 2.10. The van der Waals surface area contributed by atoms with Gasteiger partial charge in [-0.25, -0.2) is 4.79 Å². The summed E-state index contributed by atoms with van der Waals surface area (Å²) in [6.45, 7) is 4.67. The molecule has 0 saturated heterocycles. The Morgan fingerprint density at radius 3 is 2.65 bits per heavy atom. The fraction of sp³-hybridized carbons (Fsp3) is 0.429. The molecule has 0 heterocycles. The molecule has 1 aromatic rings. The maximum absolute atomic E-state index is 12.0. The van der Waals surface area contributed by atoms with Gasteiger partial charge in [0.15, 0.2) is 0 Å². The molecular weight excluding hydrogens is 278 g/mol. The largest absolute Gasteiger partial charge is 0.478 e. The SMILES string of the molecule is CC(C)CCNC(=O)CS(=O)c1cccc(C(=O)O)c1. The lowest BCUT2D eigenvalue weighted by Crippen LogP contribution is -2.29. The molecule has 0 saturated carbocycles. The molecule has 110 valence electrons. The van der Waals surface area contributed by atoms with Crippen molar-refractivity contribution in [3.63, 3.8) is 0 Å². The van der Waals surface area contributed by atoms with Gasteiger partial charge in [-0.3, -0.25) is 9.00 Å². The number of aromatic carboxylic acids is 1. The van der Waals surface area contributed by atoms with Crippen LogP contribution in [0.5, 0.6) is 0 Å². The molecule has 2 N–H and O–H groups in total. The van der Waals surface area contributed by atoms with E-state index >= 15 is 0 Å². The molecule has 6 heteroatoms. The number of carboxylic acids is 1. The molecule has 0 radical (unpaired) electrons. The zero-order valence-corrected chi connectivity index (χ0v) is 12.4. The molecule has 1 aromatic carbocycles. The number of amides is 1. The molecule has 0 aromatic heterocycles. The normalized spacial score (nSPS) is 12.2. The van der Waals surface area contributed by atoms with E-state index in [9.17, 15) is 13.8 Å². The van der Waals surface area contributed by atoms with Gasteiger partial charge in [-0.1, -0.05) is 19.9 Å². The Morgan fingerprint density at radius 1 is 1.35 bits per heavy atom. The molecule has 0 fully saturated rings. The number of carbonyl (C=O) groups is 2. The van der Waals surface area contributed by atoms with Gasteiger partial charge < -0.3 is 10.4 Å². The fourth-order valence-corrected chi connectivity index (χ4v) is 2.52. The van der Waals surface area contributed by atoms with Crippen molar-refractivity contribution < 1.29 is 18.9 Å². The highest BCUT2D eigenvalue weighted by molar-refractivity contribution is 7.85. The summed E-state index contributed by atoms with van der Waals surface area (Å²) >= 11 is 0. The minimum absolute atomic E-state index is 0.0658. The maximum Gasteiger partial charge on any atom is 0.335 e. The summed E-state index contributed by atoms with van der Waals surface area (Å²) in [5.41, 5.74) is 0.0658. The fourth-order valence-electron chi connectivity index (χ4n) is 1.52. The summed E-state index contributed by atoms with van der Waals surface area (Å²) < 4.78 is 12.0. The molecule has 0 bridgehead atoms. The average molecular weight is 297 g/mol. The van der Waals surface area contributed by atoms with Crippen LogP contribution in [0.4, 0.5) is 0 Å². The lowest BCUT2D eigenvalue weighted by molar-refractivity contribution is -0.118. The molecule has 1 rings (SSSR count). The van der Waals surface area contributed by atoms with E-state index in [2.05, 4.69) is 19.2 Å². The van der Waals surface area contributed by atoms with Crippen molar-refractivity contribution in [3.8, 4) is 0 Å². The van der Waals surface area contributed by atoms with Gasteiger partial charge in [0.1, 0.15) is 5.75 Å². The second-order valence-corrected chi connectivity index (χ2v) is 6.31. The van der Waals surface area contributed by atoms with Crippen molar-refractivity contribution in [2.45, 2.75) is 25.2 Å². The van der Waals surface area contributed by atoms with E-state index < -0.39 is 16.8 Å². The summed E-state index contributed by atoms with van der Waals surface area (Å²) in [5.74, 6) is -1.02. The molecule has 1 amide bonds. The van der Waals surface area contributed by atoms with Crippen molar-refractivity contribution in [2.75, 3.05) is 12.3 Å². The standard InChI is InChI=1S/C14H19NO4S/c1-10(2)6-7-15-13(16)9-20(19)12-5-3-4-11(8-12)14(17)18/h3-5,8,10H,6-7,9H2,1-2H3,(H,15,16)(H,17,18). The van der Waals surface area contributed by atoms with Crippen molar-refractivity contribution in [1.82, 2.24) is 5.32 Å². The predicted molar refractivity (Wildman–Crippen MR) is 77.1 cm³/mol. The van der Waals surface area contributed by atoms with Gasteiger partial charge >= 0.3 is 5.97 Å². The van der Waals surface area contributed by atoms with Crippen LogP contribution in [0.25, 0.3) is 0 Å². The van der Waals surface area contributed by atoms with Gasteiger partial charge in [0.25, 0.3) is 0 Å². The number of hydrogen-bond acceptors (Lipinski definition) is 3. The molecule has 20 heavy (non-hydrogen) atoms. The molecule has 1 unspecified atom stereocenters. The molecule has 0 spiro atoms. The Morgan fingerprint density at radius 2 is 2.05 bits per heavy atom. The smallest absolute Gasteiger partial charge is 0.335 e. The first-order chi connectivity index (χ1) is 9.40. The Bertz CT molecular complexity index is 514. The van der Waals surface area contributed by atoms with Gasteiger partial charge in [0.2, 0.25) is 5.91 Å². The van der Waals surface area contributed by atoms with E-state index in [1.54, 1.807) is 6.07 Å². The second kappa shape index (κ2) is 7.79. The van der Waals surface area contributed by atoms with Gasteiger partial charge in [0, 0.05) is 11.4 Å². The lowest BCUT2D eigenvalue weighted by atomic mass is 10.1. The first kappa shape index (κ1) is 16.4. The van der Waals surface area contributed by atoms with E-state index in [0.717, 1.165) is 6.42 Å². The number of benzene rings is 1. The molecule has 5 nitrogen and oxygen atoms in total. The number of carboxylic acid groups (broad SMARTS) is 1. The van der Waals surface area contributed by atoms with Crippen LogP contribution in [0.2, 0.25) is 0 Å². The van der Waals surface area contributed by atoms with Gasteiger partial charge in [-0.15, -0.1) is 0 Å². The Hall–Kier alpha value is -1.69. The highest BCUT2D eigenvalue weighted by atomic mass is 32.2. The topological polar surface area (TPSA) is 83.5 Å². The van der Waals surface area contributed by atoms with Crippen molar-refractivity contribution in [2.24, 2.45) is 5.92 Å². The predicted octanol–water partition coefficient (Wildman–Crippen LogP) is 1.65. The number of rotatable bonds is 7. The minimum Gasteiger partial charge on any atom is -0.478 e. The van der Waals surface area contributed by atoms with Crippen LogP contribution in [0.1, 0.15) is 30.6 Å². The van der Waals surface area contributed by atoms with Crippen molar-refractivity contribution in [1.29, 1.82) is 0 Å². The Balaban J connectivity index is 2.56. The van der Waals surface area contributed by atoms with Crippen LogP contribution in [0.3, 0.4) is 0 Å². The first-order valence-electron chi connectivity index (χ1n) is 6.38. The van der Waals surface area contributed by atoms with Crippen LogP contribution >= 0.6 is 0 Å². The van der Waals surface area contributed by atoms with E-state index in [-0.39, 0.29) is 17.2 Å². The third-order valence-corrected chi connectivity index (χ3v) is 3.95. The van der Waals surface area contributed by atoms with E-state index in [1.807, 2.05) is 0 Å². The van der Waals surface area contributed by atoms with Crippen LogP contribution in [0, 0.1) is 5.92 Å². The van der Waals surface area contributed by atoms with E-state index in [4.69, 9.17) is 5.11 Å². The van der Waals surface area contributed by atoms with Crippen LogP contribution in [-0.4, -0.2) is 33.5 Å². The second-order valence-electron chi connectivity index (χ2n) is 4.86. The summed E-state index contributed by atoms with van der Waals surface area (Å²) in [5, 5.41) is 11.6. The summed E-state index contributed by atoms with van der Waals surface area (Å²) in [7, 11) is -1.53. The maximum atomic E-state index is 12.0. The van der Waals surface area contributed by atoms with Gasteiger partial charge in [-0.2, -0.15) is 0 Å². The van der Waals surface area contributed by atoms with E-state index in [0.29, 0.717) is 17.4 Å². The average Bonchev–Trinajstić information content (AvgIpc) is 2.38. The zero-order valence-electron chi connectivity index (χ0n) is 11.6. The number of nitrogens with one attached hydrogen (secondary N) is 1. The molecular formula is C14H19NO4S. The van der Waals surface area contributed by atoms with Crippen LogP contribution in [0.15, 0.2) is 29.2 Å². The number of hydrogen-bond donors (Lipinski definition) is 2. The van der Waals surface area contributed by atoms with Crippen molar-refractivity contribution >= 4 is 22.7 Å². The summed E-state index contributed by atoms with van der Waals surface area (Å²) in [6.07, 6.45) is 0.868. The molecule has 0 aliphatic rings. The highest BCUT2D eigenvalue weighted by Gasteiger charge is 2.12. The Labute approximate surface area is 120 Å². The number of carbonyl (C=O) groups excluding carboxylic acids is 1. The molecule has 0 aliphatic carbocycles. The lowest BCUT2D eigenvalue weighted by Gasteiger charge is -2.07. The quantitative estimate of drug-likeness (QED) is 0.801. The van der Waals surface area contributed by atoms with Crippen LogP contribution < -0.4 is 5.32 Å². The van der Waals surface area contributed by atoms with Gasteiger partial charge in [-0.05, 0) is 30.5 Å². The third kappa shape index (κ3) is 5.52. The Kier molecular flexibility index (Phi) is 6.38. The van der Waals surface area contributed by atoms with Crippen molar-refractivity contribution in [3.05, 3.63) is 29.8 Å². The van der Waals surface area contributed by atoms with Crippen LogP contribution in [-0.2, 0) is 15.6 Å². The first-order valence-corrected chi connectivity index (χ1v) is 7.70.